The first-order valence-corrected chi connectivity index (χ1v) is 6.65. The predicted octanol–water partition coefficient (Wildman–Crippen LogP) is 1.44. The molecule has 1 fully saturated rings. The molecule has 2 rings (SSSR count). The molecule has 1 aliphatic heterocycles. The lowest BCUT2D eigenvalue weighted by Gasteiger charge is -2.23. The van der Waals surface area contributed by atoms with E-state index in [2.05, 4.69) is 5.32 Å². The van der Waals surface area contributed by atoms with Crippen LogP contribution in [-0.2, 0) is 20.5 Å². The van der Waals surface area contributed by atoms with Crippen molar-refractivity contribution < 1.29 is 37.3 Å². The van der Waals surface area contributed by atoms with Gasteiger partial charge in [0, 0.05) is 13.0 Å². The van der Waals surface area contributed by atoms with Crippen LogP contribution in [0.2, 0.25) is 0 Å². The molecule has 23 heavy (non-hydrogen) atoms. The van der Waals surface area contributed by atoms with E-state index in [1.54, 1.807) is 0 Å². The Kier molecular flexibility index (Phi) is 4.79. The maximum atomic E-state index is 12.4. The summed E-state index contributed by atoms with van der Waals surface area (Å²) >= 11 is 0. The largest absolute Gasteiger partial charge is 0.484 e. The lowest BCUT2D eigenvalue weighted by atomic mass is 9.99. The first-order valence-electron chi connectivity index (χ1n) is 6.65. The summed E-state index contributed by atoms with van der Waals surface area (Å²) in [6.45, 7) is -0.443. The number of hydrogen-bond acceptors (Lipinski definition) is 4. The molecule has 1 atom stereocenters. The minimum atomic E-state index is -4.45. The van der Waals surface area contributed by atoms with Crippen molar-refractivity contribution in [1.29, 1.82) is 0 Å². The summed E-state index contributed by atoms with van der Waals surface area (Å²) in [5.74, 6) is -1.84. The SMILES string of the molecule is O=C(COc1ccc(C(F)(F)F)cc1)NC1(C(=O)O)CCOC1. The van der Waals surface area contributed by atoms with Crippen molar-refractivity contribution >= 4 is 11.9 Å². The van der Waals surface area contributed by atoms with E-state index in [-0.39, 0.29) is 25.4 Å². The molecule has 2 N–H and O–H groups in total. The number of rotatable bonds is 5. The summed E-state index contributed by atoms with van der Waals surface area (Å²) in [6, 6.07) is 3.83. The summed E-state index contributed by atoms with van der Waals surface area (Å²) in [6.07, 6.45) is -4.32. The van der Waals surface area contributed by atoms with Crippen LogP contribution in [0.5, 0.6) is 5.75 Å². The zero-order valence-corrected chi connectivity index (χ0v) is 11.9. The highest BCUT2D eigenvalue weighted by Gasteiger charge is 2.43. The van der Waals surface area contributed by atoms with Crippen molar-refractivity contribution in [3.63, 3.8) is 0 Å². The topological polar surface area (TPSA) is 84.9 Å². The molecule has 1 aromatic carbocycles. The Labute approximate surface area is 129 Å². The van der Waals surface area contributed by atoms with Crippen molar-refractivity contribution in [3.8, 4) is 5.75 Å². The molecule has 1 heterocycles. The van der Waals surface area contributed by atoms with Gasteiger partial charge in [-0.05, 0) is 24.3 Å². The van der Waals surface area contributed by atoms with Crippen LogP contribution in [0.3, 0.4) is 0 Å². The predicted molar refractivity (Wildman–Crippen MR) is 70.9 cm³/mol. The number of nitrogens with one attached hydrogen (secondary N) is 1. The maximum Gasteiger partial charge on any atom is 0.416 e. The Morgan fingerprint density at radius 1 is 1.30 bits per heavy atom. The number of halogens is 3. The first-order chi connectivity index (χ1) is 10.7. The second-order valence-electron chi connectivity index (χ2n) is 5.05. The third-order valence-electron chi connectivity index (χ3n) is 3.36. The van der Waals surface area contributed by atoms with Crippen molar-refractivity contribution in [2.24, 2.45) is 0 Å². The lowest BCUT2D eigenvalue weighted by molar-refractivity contribution is -0.148. The number of carboxylic acid groups (broad SMARTS) is 1. The summed E-state index contributed by atoms with van der Waals surface area (Å²) in [5.41, 5.74) is -2.32. The number of hydrogen-bond donors (Lipinski definition) is 2. The Balaban J connectivity index is 1.90. The molecule has 1 aliphatic rings. The number of alkyl halides is 3. The second kappa shape index (κ2) is 6.45. The van der Waals surface area contributed by atoms with Crippen molar-refractivity contribution in [2.45, 2.75) is 18.1 Å². The highest BCUT2D eigenvalue weighted by molar-refractivity contribution is 5.88. The molecule has 1 saturated heterocycles. The molecule has 9 heteroatoms. The highest BCUT2D eigenvalue weighted by Crippen LogP contribution is 2.30. The van der Waals surface area contributed by atoms with Gasteiger partial charge in [-0.1, -0.05) is 0 Å². The van der Waals surface area contributed by atoms with Crippen LogP contribution in [0.4, 0.5) is 13.2 Å². The number of ether oxygens (including phenoxy) is 2. The first kappa shape index (κ1) is 17.1. The van der Waals surface area contributed by atoms with Gasteiger partial charge >= 0.3 is 12.1 Å². The monoisotopic (exact) mass is 333 g/mol. The smallest absolute Gasteiger partial charge is 0.416 e. The van der Waals surface area contributed by atoms with Gasteiger partial charge in [0.2, 0.25) is 0 Å². The Hall–Kier alpha value is -2.29. The van der Waals surface area contributed by atoms with Crippen LogP contribution in [-0.4, -0.2) is 42.3 Å². The zero-order valence-electron chi connectivity index (χ0n) is 11.9. The van der Waals surface area contributed by atoms with Crippen molar-refractivity contribution in [2.75, 3.05) is 19.8 Å². The molecule has 0 saturated carbocycles. The number of amides is 1. The fraction of sp³-hybridized carbons (Fsp3) is 0.429. The minimum Gasteiger partial charge on any atom is -0.484 e. The number of carboxylic acids is 1. The van der Waals surface area contributed by atoms with Gasteiger partial charge in [0.05, 0.1) is 12.2 Å². The molecule has 0 aromatic heterocycles. The fourth-order valence-corrected chi connectivity index (χ4v) is 2.08. The van der Waals surface area contributed by atoms with Gasteiger partial charge in [-0.25, -0.2) is 4.79 Å². The van der Waals surface area contributed by atoms with E-state index < -0.39 is 35.8 Å². The second-order valence-corrected chi connectivity index (χ2v) is 5.05. The van der Waals surface area contributed by atoms with Crippen LogP contribution >= 0.6 is 0 Å². The van der Waals surface area contributed by atoms with Crippen molar-refractivity contribution in [1.82, 2.24) is 5.32 Å². The third-order valence-corrected chi connectivity index (χ3v) is 3.36. The van der Waals surface area contributed by atoms with Crippen LogP contribution in [0.1, 0.15) is 12.0 Å². The van der Waals surface area contributed by atoms with Gasteiger partial charge in [-0.2, -0.15) is 13.2 Å². The molecular formula is C14H14F3NO5. The van der Waals surface area contributed by atoms with E-state index >= 15 is 0 Å². The molecule has 6 nitrogen and oxygen atoms in total. The quantitative estimate of drug-likeness (QED) is 0.852. The summed E-state index contributed by atoms with van der Waals surface area (Å²) in [7, 11) is 0. The molecule has 0 bridgehead atoms. The van der Waals surface area contributed by atoms with E-state index in [0.717, 1.165) is 24.3 Å². The third kappa shape index (κ3) is 4.13. The Morgan fingerprint density at radius 2 is 1.96 bits per heavy atom. The molecule has 1 unspecified atom stereocenters. The van der Waals surface area contributed by atoms with Gasteiger partial charge in [-0.15, -0.1) is 0 Å². The van der Waals surface area contributed by atoms with E-state index in [1.165, 1.54) is 0 Å². The standard InChI is InChI=1S/C14H14F3NO5/c15-14(16,17)9-1-3-10(4-2-9)23-7-11(19)18-13(12(20)21)5-6-22-8-13/h1-4H,5-8H2,(H,18,19)(H,20,21). The molecule has 1 aromatic rings. The fourth-order valence-electron chi connectivity index (χ4n) is 2.08. The molecule has 0 spiro atoms. The van der Waals surface area contributed by atoms with Crippen LogP contribution in [0.15, 0.2) is 24.3 Å². The Bertz CT molecular complexity index is 579. The normalized spacial score (nSPS) is 21.0. The maximum absolute atomic E-state index is 12.4. The van der Waals surface area contributed by atoms with E-state index in [9.17, 15) is 22.8 Å². The number of carbonyl (C=O) groups excluding carboxylic acids is 1. The highest BCUT2D eigenvalue weighted by atomic mass is 19.4. The number of carbonyl (C=O) groups is 2. The summed E-state index contributed by atoms with van der Waals surface area (Å²) in [4.78, 5) is 23.0. The van der Waals surface area contributed by atoms with Gasteiger partial charge in [-0.3, -0.25) is 4.79 Å². The van der Waals surface area contributed by atoms with E-state index in [1.807, 2.05) is 0 Å². The van der Waals surface area contributed by atoms with Crippen LogP contribution in [0, 0.1) is 0 Å². The van der Waals surface area contributed by atoms with Crippen molar-refractivity contribution in [3.05, 3.63) is 29.8 Å². The molecular weight excluding hydrogens is 319 g/mol. The lowest BCUT2D eigenvalue weighted by Crippen LogP contribution is -2.56. The average molecular weight is 333 g/mol. The number of benzene rings is 1. The molecule has 0 aliphatic carbocycles. The summed E-state index contributed by atoms with van der Waals surface area (Å²) in [5, 5.41) is 11.5. The van der Waals surface area contributed by atoms with Gasteiger partial charge < -0.3 is 19.9 Å². The van der Waals surface area contributed by atoms with Gasteiger partial charge in [0.15, 0.2) is 12.1 Å². The van der Waals surface area contributed by atoms with Gasteiger partial charge in [0.25, 0.3) is 5.91 Å². The Morgan fingerprint density at radius 3 is 2.43 bits per heavy atom. The van der Waals surface area contributed by atoms with Gasteiger partial charge in [0.1, 0.15) is 5.75 Å². The van der Waals surface area contributed by atoms with Crippen LogP contribution in [0.25, 0.3) is 0 Å². The van der Waals surface area contributed by atoms with E-state index in [4.69, 9.17) is 14.6 Å². The summed E-state index contributed by atoms with van der Waals surface area (Å²) < 4.78 is 47.3. The number of aliphatic carboxylic acids is 1. The molecule has 1 amide bonds. The molecule has 0 radical (unpaired) electrons. The average Bonchev–Trinajstić information content (AvgIpc) is 2.94. The van der Waals surface area contributed by atoms with E-state index in [0.29, 0.717) is 0 Å². The molecule has 126 valence electrons. The zero-order chi connectivity index (χ0) is 17.1. The minimum absolute atomic E-state index is 0.0696. The van der Waals surface area contributed by atoms with Crippen LogP contribution < -0.4 is 10.1 Å².